The first-order chi connectivity index (χ1) is 13.7. The van der Waals surface area contributed by atoms with Gasteiger partial charge >= 0.3 is 0 Å². The fraction of sp³-hybridized carbons (Fsp3) is 0.190. The van der Waals surface area contributed by atoms with E-state index in [1.54, 1.807) is 32.7 Å². The lowest BCUT2D eigenvalue weighted by Crippen LogP contribution is -2.24. The molecule has 0 saturated heterocycles. The zero-order valence-corrected chi connectivity index (χ0v) is 15.8. The zero-order chi connectivity index (χ0) is 19.8. The topological polar surface area (TPSA) is 85.4 Å². The molecule has 2 N–H and O–H groups in total. The maximum Gasteiger partial charge on any atom is 0.270 e. The van der Waals surface area contributed by atoms with E-state index >= 15 is 0 Å². The van der Waals surface area contributed by atoms with Crippen molar-refractivity contribution < 1.29 is 14.3 Å². The number of anilines is 1. The molecule has 0 saturated carbocycles. The van der Waals surface area contributed by atoms with Gasteiger partial charge < -0.3 is 20.1 Å². The zero-order valence-electron chi connectivity index (χ0n) is 15.8. The Bertz CT molecular complexity index is 915. The Hall–Kier alpha value is -3.61. The first-order valence-corrected chi connectivity index (χ1v) is 8.78. The number of aromatic nitrogens is 2. The number of rotatable bonds is 8. The van der Waals surface area contributed by atoms with Gasteiger partial charge in [0.2, 0.25) is 0 Å². The molecule has 0 atom stereocenters. The number of hydrogen-bond acceptors (Lipinski definition) is 6. The molecule has 2 heterocycles. The summed E-state index contributed by atoms with van der Waals surface area (Å²) in [5.41, 5.74) is 3.00. The van der Waals surface area contributed by atoms with Crippen LogP contribution in [0.25, 0.3) is 0 Å². The van der Waals surface area contributed by atoms with E-state index in [0.29, 0.717) is 30.3 Å². The maximum absolute atomic E-state index is 12.2. The summed E-state index contributed by atoms with van der Waals surface area (Å²) in [6.07, 6.45) is 3.33. The van der Waals surface area contributed by atoms with Crippen LogP contribution in [0.2, 0.25) is 0 Å². The number of ether oxygens (including phenoxy) is 2. The van der Waals surface area contributed by atoms with E-state index in [9.17, 15) is 4.79 Å². The number of benzene rings is 1. The second kappa shape index (κ2) is 9.36. The second-order valence-electron chi connectivity index (χ2n) is 5.98. The number of carbonyl (C=O) groups excluding carboxylic acids is 1. The molecule has 0 unspecified atom stereocenters. The minimum atomic E-state index is -0.239. The van der Waals surface area contributed by atoms with Crippen LogP contribution in [0, 0.1) is 0 Å². The van der Waals surface area contributed by atoms with E-state index in [1.165, 1.54) is 0 Å². The molecule has 3 aromatic rings. The molecule has 0 spiro atoms. The number of nitrogens with one attached hydrogen (secondary N) is 2. The summed E-state index contributed by atoms with van der Waals surface area (Å²) in [6.45, 7) is 0.952. The van der Waals surface area contributed by atoms with Crippen LogP contribution in [0.3, 0.4) is 0 Å². The molecule has 0 bridgehead atoms. The Kier molecular flexibility index (Phi) is 6.41. The van der Waals surface area contributed by atoms with Crippen LogP contribution in [0.4, 0.5) is 5.69 Å². The van der Waals surface area contributed by atoms with Crippen LogP contribution >= 0.6 is 0 Å². The summed E-state index contributed by atoms with van der Waals surface area (Å²) in [7, 11) is 3.21. The smallest absolute Gasteiger partial charge is 0.270 e. The van der Waals surface area contributed by atoms with Gasteiger partial charge in [-0.2, -0.15) is 0 Å². The average molecular weight is 378 g/mol. The lowest BCUT2D eigenvalue weighted by atomic mass is 10.2. The van der Waals surface area contributed by atoms with Crippen molar-refractivity contribution in [1.82, 2.24) is 15.3 Å². The maximum atomic E-state index is 12.2. The Morgan fingerprint density at radius 1 is 0.964 bits per heavy atom. The highest BCUT2D eigenvalue weighted by molar-refractivity contribution is 5.92. The fourth-order valence-electron chi connectivity index (χ4n) is 2.59. The van der Waals surface area contributed by atoms with Gasteiger partial charge in [-0.15, -0.1) is 0 Å². The van der Waals surface area contributed by atoms with E-state index in [4.69, 9.17) is 9.47 Å². The molecule has 0 radical (unpaired) electrons. The summed E-state index contributed by atoms with van der Waals surface area (Å²) in [4.78, 5) is 20.6. The molecular formula is C21H22N4O3. The van der Waals surface area contributed by atoms with Gasteiger partial charge in [0, 0.05) is 12.7 Å². The number of nitrogens with zero attached hydrogens (tertiary/aromatic N) is 2. The quantitative estimate of drug-likeness (QED) is 0.627. The van der Waals surface area contributed by atoms with Crippen LogP contribution in [0.15, 0.2) is 60.9 Å². The van der Waals surface area contributed by atoms with Crippen LogP contribution < -0.4 is 20.1 Å². The Morgan fingerprint density at radius 2 is 1.82 bits per heavy atom. The van der Waals surface area contributed by atoms with Gasteiger partial charge in [-0.1, -0.05) is 12.1 Å². The summed E-state index contributed by atoms with van der Waals surface area (Å²) in [6, 6.07) is 14.8. The number of pyridine rings is 2. The van der Waals surface area contributed by atoms with Crippen LogP contribution in [0.5, 0.6) is 11.5 Å². The summed E-state index contributed by atoms with van der Waals surface area (Å²) >= 11 is 0. The minimum Gasteiger partial charge on any atom is -0.493 e. The number of carbonyl (C=O) groups is 1. The number of methoxy groups -OCH3 is 2. The van der Waals surface area contributed by atoms with Crippen LogP contribution in [-0.2, 0) is 13.1 Å². The molecule has 0 fully saturated rings. The number of amides is 1. The lowest BCUT2D eigenvalue weighted by molar-refractivity contribution is 0.0945. The van der Waals surface area contributed by atoms with Crippen molar-refractivity contribution in [3.63, 3.8) is 0 Å². The third kappa shape index (κ3) is 4.97. The molecular weight excluding hydrogens is 356 g/mol. The van der Waals surface area contributed by atoms with Crippen molar-refractivity contribution in [2.24, 2.45) is 0 Å². The molecule has 0 aliphatic heterocycles. The average Bonchev–Trinajstić information content (AvgIpc) is 2.76. The minimum absolute atomic E-state index is 0.239. The normalized spacial score (nSPS) is 10.2. The molecule has 0 aliphatic rings. The highest BCUT2D eigenvalue weighted by atomic mass is 16.5. The highest BCUT2D eigenvalue weighted by Gasteiger charge is 2.08. The van der Waals surface area contributed by atoms with Gasteiger partial charge in [0.05, 0.1) is 38.3 Å². The van der Waals surface area contributed by atoms with Crippen molar-refractivity contribution in [3.8, 4) is 11.5 Å². The molecule has 144 valence electrons. The molecule has 7 heteroatoms. The first kappa shape index (κ1) is 19.2. The Morgan fingerprint density at radius 3 is 2.50 bits per heavy atom. The predicted octanol–water partition coefficient (Wildman–Crippen LogP) is 3.04. The summed E-state index contributed by atoms with van der Waals surface area (Å²) in [5.74, 6) is 1.13. The fourth-order valence-corrected chi connectivity index (χ4v) is 2.59. The SMILES string of the molecule is COc1ccc(CNc2ccc(C(=O)NCc3ccccn3)nc2)cc1OC. The number of hydrogen-bond donors (Lipinski definition) is 2. The molecule has 28 heavy (non-hydrogen) atoms. The molecule has 0 aliphatic carbocycles. The molecule has 3 rings (SSSR count). The second-order valence-corrected chi connectivity index (χ2v) is 5.98. The van der Waals surface area contributed by atoms with Gasteiger partial charge in [0.25, 0.3) is 5.91 Å². The standard InChI is InChI=1S/C21H22N4O3/c1-27-19-9-6-15(11-20(19)28-2)12-23-17-7-8-18(24-13-17)21(26)25-14-16-5-3-4-10-22-16/h3-11,13,23H,12,14H2,1-2H3,(H,25,26). The largest absolute Gasteiger partial charge is 0.493 e. The van der Waals surface area contributed by atoms with E-state index in [1.807, 2.05) is 42.5 Å². The third-order valence-corrected chi connectivity index (χ3v) is 4.10. The Labute approximate surface area is 163 Å². The van der Waals surface area contributed by atoms with Gasteiger partial charge in [-0.25, -0.2) is 4.98 Å². The monoisotopic (exact) mass is 378 g/mol. The molecule has 1 aromatic carbocycles. The van der Waals surface area contributed by atoms with Gasteiger partial charge in [-0.05, 0) is 42.0 Å². The van der Waals surface area contributed by atoms with Crippen molar-refractivity contribution >= 4 is 11.6 Å². The molecule has 1 amide bonds. The van der Waals surface area contributed by atoms with Gasteiger partial charge in [0.1, 0.15) is 5.69 Å². The summed E-state index contributed by atoms with van der Waals surface area (Å²) in [5, 5.41) is 6.08. The van der Waals surface area contributed by atoms with Crippen LogP contribution in [-0.4, -0.2) is 30.1 Å². The van der Waals surface area contributed by atoms with Crippen molar-refractivity contribution in [1.29, 1.82) is 0 Å². The van der Waals surface area contributed by atoms with E-state index in [-0.39, 0.29) is 5.91 Å². The van der Waals surface area contributed by atoms with E-state index < -0.39 is 0 Å². The lowest BCUT2D eigenvalue weighted by Gasteiger charge is -2.11. The van der Waals surface area contributed by atoms with Crippen LogP contribution in [0.1, 0.15) is 21.7 Å². The van der Waals surface area contributed by atoms with Gasteiger partial charge in [0.15, 0.2) is 11.5 Å². The molecule has 2 aromatic heterocycles. The highest BCUT2D eigenvalue weighted by Crippen LogP contribution is 2.27. The van der Waals surface area contributed by atoms with Gasteiger partial charge in [-0.3, -0.25) is 9.78 Å². The molecule has 7 nitrogen and oxygen atoms in total. The van der Waals surface area contributed by atoms with E-state index in [2.05, 4.69) is 20.6 Å². The first-order valence-electron chi connectivity index (χ1n) is 8.78. The van der Waals surface area contributed by atoms with E-state index in [0.717, 1.165) is 16.9 Å². The van der Waals surface area contributed by atoms with Crippen molar-refractivity contribution in [3.05, 3.63) is 77.9 Å². The van der Waals surface area contributed by atoms with Crippen molar-refractivity contribution in [2.45, 2.75) is 13.1 Å². The summed E-state index contributed by atoms with van der Waals surface area (Å²) < 4.78 is 10.6. The predicted molar refractivity (Wildman–Crippen MR) is 107 cm³/mol. The van der Waals surface area contributed by atoms with Crippen molar-refractivity contribution in [2.75, 3.05) is 19.5 Å². The third-order valence-electron chi connectivity index (χ3n) is 4.10. The Balaban J connectivity index is 1.55.